The van der Waals surface area contributed by atoms with Crippen molar-refractivity contribution in [2.24, 2.45) is 0 Å². The molecular formula is C16H17NO3. The van der Waals surface area contributed by atoms with Gasteiger partial charge in [0.15, 0.2) is 5.78 Å². The van der Waals surface area contributed by atoms with Crippen LogP contribution >= 0.6 is 0 Å². The molecule has 0 bridgehead atoms. The van der Waals surface area contributed by atoms with Crippen LogP contribution in [-0.4, -0.2) is 26.1 Å². The summed E-state index contributed by atoms with van der Waals surface area (Å²) < 4.78 is 10.5. The molecule has 2 N–H and O–H groups in total. The van der Waals surface area contributed by atoms with Gasteiger partial charge < -0.3 is 15.2 Å². The maximum atomic E-state index is 12.5. The predicted molar refractivity (Wildman–Crippen MR) is 78.1 cm³/mol. The molecule has 104 valence electrons. The van der Waals surface area contributed by atoms with Gasteiger partial charge in [0.1, 0.15) is 12.4 Å². The number of hydrogen-bond donors (Lipinski definition) is 1. The van der Waals surface area contributed by atoms with Gasteiger partial charge in [-0.05, 0) is 24.3 Å². The molecule has 0 aliphatic rings. The lowest BCUT2D eigenvalue weighted by atomic mass is 10.0. The van der Waals surface area contributed by atoms with Crippen molar-refractivity contribution < 1.29 is 14.3 Å². The molecule has 0 unspecified atom stereocenters. The van der Waals surface area contributed by atoms with Crippen molar-refractivity contribution in [1.29, 1.82) is 0 Å². The largest absolute Gasteiger partial charge is 0.490 e. The quantitative estimate of drug-likeness (QED) is 0.498. The van der Waals surface area contributed by atoms with E-state index in [0.29, 0.717) is 35.8 Å². The Balaban J connectivity index is 2.25. The fraction of sp³-hybridized carbons (Fsp3) is 0.188. The van der Waals surface area contributed by atoms with E-state index in [9.17, 15) is 4.79 Å². The SMILES string of the molecule is COCCOc1ccccc1C(=O)c1cccc(N)c1. The zero-order chi connectivity index (χ0) is 14.4. The van der Waals surface area contributed by atoms with Crippen LogP contribution in [0.15, 0.2) is 48.5 Å². The molecular weight excluding hydrogens is 254 g/mol. The highest BCUT2D eigenvalue weighted by Crippen LogP contribution is 2.22. The number of carbonyl (C=O) groups excluding carboxylic acids is 1. The summed E-state index contributed by atoms with van der Waals surface area (Å²) in [6.07, 6.45) is 0. The lowest BCUT2D eigenvalue weighted by Crippen LogP contribution is -2.09. The Morgan fingerprint density at radius 2 is 1.90 bits per heavy atom. The first-order valence-electron chi connectivity index (χ1n) is 6.33. The third kappa shape index (κ3) is 3.36. The van der Waals surface area contributed by atoms with E-state index in [1.165, 1.54) is 0 Å². The molecule has 4 heteroatoms. The van der Waals surface area contributed by atoms with Crippen LogP contribution in [-0.2, 0) is 4.74 Å². The summed E-state index contributed by atoms with van der Waals surface area (Å²) in [6, 6.07) is 14.1. The van der Waals surface area contributed by atoms with Crippen molar-refractivity contribution in [3.63, 3.8) is 0 Å². The molecule has 0 aromatic heterocycles. The Hall–Kier alpha value is -2.33. The molecule has 0 aliphatic carbocycles. The number of ketones is 1. The number of rotatable bonds is 6. The zero-order valence-corrected chi connectivity index (χ0v) is 11.3. The van der Waals surface area contributed by atoms with Crippen LogP contribution in [0.25, 0.3) is 0 Å². The van der Waals surface area contributed by atoms with Gasteiger partial charge in [-0.15, -0.1) is 0 Å². The molecule has 0 radical (unpaired) electrons. The van der Waals surface area contributed by atoms with E-state index < -0.39 is 0 Å². The zero-order valence-electron chi connectivity index (χ0n) is 11.3. The molecule has 2 rings (SSSR count). The lowest BCUT2D eigenvalue weighted by Gasteiger charge is -2.10. The van der Waals surface area contributed by atoms with Crippen molar-refractivity contribution in [1.82, 2.24) is 0 Å². The maximum Gasteiger partial charge on any atom is 0.196 e. The second kappa shape index (κ2) is 6.73. The van der Waals surface area contributed by atoms with E-state index in [1.807, 2.05) is 12.1 Å². The Morgan fingerprint density at radius 3 is 2.65 bits per heavy atom. The van der Waals surface area contributed by atoms with Gasteiger partial charge in [0.2, 0.25) is 0 Å². The van der Waals surface area contributed by atoms with Crippen LogP contribution in [0.4, 0.5) is 5.69 Å². The third-order valence-electron chi connectivity index (χ3n) is 2.83. The van der Waals surface area contributed by atoms with Crippen molar-refractivity contribution >= 4 is 11.5 Å². The molecule has 4 nitrogen and oxygen atoms in total. The molecule has 0 amide bonds. The highest BCUT2D eigenvalue weighted by atomic mass is 16.5. The topological polar surface area (TPSA) is 61.5 Å². The number of methoxy groups -OCH3 is 1. The molecule has 2 aromatic carbocycles. The summed E-state index contributed by atoms with van der Waals surface area (Å²) in [6.45, 7) is 0.874. The number of benzene rings is 2. The minimum absolute atomic E-state index is 0.106. The van der Waals surface area contributed by atoms with Crippen LogP contribution in [0.1, 0.15) is 15.9 Å². The van der Waals surface area contributed by atoms with Crippen molar-refractivity contribution in [3.8, 4) is 5.75 Å². The average molecular weight is 271 g/mol. The number of anilines is 1. The van der Waals surface area contributed by atoms with E-state index in [2.05, 4.69) is 0 Å². The lowest BCUT2D eigenvalue weighted by molar-refractivity contribution is 0.103. The monoisotopic (exact) mass is 271 g/mol. The van der Waals surface area contributed by atoms with Crippen molar-refractivity contribution in [2.45, 2.75) is 0 Å². The van der Waals surface area contributed by atoms with Gasteiger partial charge >= 0.3 is 0 Å². The summed E-state index contributed by atoms with van der Waals surface area (Å²) in [7, 11) is 1.60. The summed E-state index contributed by atoms with van der Waals surface area (Å²) >= 11 is 0. The van der Waals surface area contributed by atoms with Crippen molar-refractivity contribution in [2.75, 3.05) is 26.1 Å². The standard InChI is InChI=1S/C16H17NO3/c1-19-9-10-20-15-8-3-2-7-14(15)16(18)12-5-4-6-13(17)11-12/h2-8,11H,9-10,17H2,1H3. The normalized spacial score (nSPS) is 10.2. The minimum Gasteiger partial charge on any atom is -0.490 e. The molecule has 0 fully saturated rings. The molecule has 0 atom stereocenters. The molecule has 0 spiro atoms. The van der Waals surface area contributed by atoms with Gasteiger partial charge in [0.25, 0.3) is 0 Å². The van der Waals surface area contributed by atoms with Crippen molar-refractivity contribution in [3.05, 3.63) is 59.7 Å². The van der Waals surface area contributed by atoms with Crippen LogP contribution in [0.2, 0.25) is 0 Å². The summed E-state index contributed by atoms with van der Waals surface area (Å²) in [5, 5.41) is 0. The van der Waals surface area contributed by atoms with Crippen LogP contribution in [0.3, 0.4) is 0 Å². The van der Waals surface area contributed by atoms with E-state index >= 15 is 0 Å². The Labute approximate surface area is 118 Å². The highest BCUT2D eigenvalue weighted by Gasteiger charge is 2.14. The summed E-state index contributed by atoms with van der Waals surface area (Å²) in [4.78, 5) is 12.5. The molecule has 20 heavy (non-hydrogen) atoms. The first kappa shape index (κ1) is 14.1. The Kier molecular flexibility index (Phi) is 4.74. The second-order valence-electron chi connectivity index (χ2n) is 4.29. The van der Waals surface area contributed by atoms with E-state index in [-0.39, 0.29) is 5.78 Å². The number of nitrogen functional groups attached to an aromatic ring is 1. The number of para-hydroxylation sites is 1. The van der Waals surface area contributed by atoms with Crippen LogP contribution in [0.5, 0.6) is 5.75 Å². The third-order valence-corrected chi connectivity index (χ3v) is 2.83. The fourth-order valence-electron chi connectivity index (χ4n) is 1.85. The maximum absolute atomic E-state index is 12.5. The van der Waals surface area contributed by atoms with Gasteiger partial charge in [-0.3, -0.25) is 4.79 Å². The molecule has 0 aliphatic heterocycles. The first-order valence-corrected chi connectivity index (χ1v) is 6.33. The van der Waals surface area contributed by atoms with Gasteiger partial charge in [0.05, 0.1) is 12.2 Å². The van der Waals surface area contributed by atoms with Crippen LogP contribution in [0, 0.1) is 0 Å². The summed E-state index contributed by atoms with van der Waals surface area (Å²) in [5.74, 6) is 0.447. The first-order chi connectivity index (χ1) is 9.72. The van der Waals surface area contributed by atoms with Crippen LogP contribution < -0.4 is 10.5 Å². The number of ether oxygens (including phenoxy) is 2. The smallest absolute Gasteiger partial charge is 0.196 e. The van der Waals surface area contributed by atoms with Gasteiger partial charge in [-0.2, -0.15) is 0 Å². The predicted octanol–water partition coefficient (Wildman–Crippen LogP) is 2.53. The molecule has 0 saturated heterocycles. The van der Waals surface area contributed by atoms with Gasteiger partial charge in [0, 0.05) is 18.4 Å². The van der Waals surface area contributed by atoms with Gasteiger partial charge in [-0.25, -0.2) is 0 Å². The molecule has 2 aromatic rings. The molecule has 0 saturated carbocycles. The molecule has 0 heterocycles. The van der Waals surface area contributed by atoms with E-state index in [1.54, 1.807) is 43.5 Å². The average Bonchev–Trinajstić information content (AvgIpc) is 2.47. The number of nitrogens with two attached hydrogens (primary N) is 1. The Bertz CT molecular complexity index is 596. The van der Waals surface area contributed by atoms with Gasteiger partial charge in [-0.1, -0.05) is 24.3 Å². The summed E-state index contributed by atoms with van der Waals surface area (Å²) in [5.41, 5.74) is 7.35. The second-order valence-corrected chi connectivity index (χ2v) is 4.29. The Morgan fingerprint density at radius 1 is 1.10 bits per heavy atom. The highest BCUT2D eigenvalue weighted by molar-refractivity contribution is 6.11. The number of carbonyl (C=O) groups is 1. The minimum atomic E-state index is -0.106. The van der Waals surface area contributed by atoms with E-state index in [0.717, 1.165) is 0 Å². The van der Waals surface area contributed by atoms with E-state index in [4.69, 9.17) is 15.2 Å². The number of hydrogen-bond acceptors (Lipinski definition) is 4. The fourth-order valence-corrected chi connectivity index (χ4v) is 1.85.